The number of phosphoric acid groups is 1. The molecule has 0 fully saturated rings. The second-order valence-electron chi connectivity index (χ2n) is 12.5. The number of ether oxygens (including phenoxy) is 2. The molecule has 9 heteroatoms. The molecule has 3 N–H and O–H groups in total. The third-order valence-corrected chi connectivity index (χ3v) is 9.01. The number of phosphoric ester groups is 1. The fourth-order valence-electron chi connectivity index (χ4n) is 5.29. The number of hydrogen-bond donors (Lipinski definition) is 2. The zero-order chi connectivity index (χ0) is 32.4. The Kier molecular flexibility index (Phi) is 33.5. The van der Waals surface area contributed by atoms with Crippen molar-refractivity contribution in [1.29, 1.82) is 0 Å². The van der Waals surface area contributed by atoms with Crippen molar-refractivity contribution < 1.29 is 32.8 Å². The second kappa shape index (κ2) is 33.9. The van der Waals surface area contributed by atoms with Crippen LogP contribution in [0.4, 0.5) is 0 Å². The Morgan fingerprint density at radius 3 is 1.43 bits per heavy atom. The largest absolute Gasteiger partial charge is 0.472 e. The van der Waals surface area contributed by atoms with Crippen molar-refractivity contribution in [2.45, 2.75) is 187 Å². The molecule has 0 aliphatic carbocycles. The molecule has 0 rings (SSSR count). The molecule has 2 atom stereocenters. The molecular formula is C35H72NO7P. The summed E-state index contributed by atoms with van der Waals surface area (Å²) in [6.07, 6.45) is 31.4. The van der Waals surface area contributed by atoms with E-state index in [1.807, 2.05) is 0 Å². The summed E-state index contributed by atoms with van der Waals surface area (Å²) in [5.41, 5.74) is 5.33. The van der Waals surface area contributed by atoms with Crippen molar-refractivity contribution in [3.63, 3.8) is 0 Å². The first kappa shape index (κ1) is 43.5. The summed E-state index contributed by atoms with van der Waals surface area (Å²) in [5.74, 6) is -0.336. The van der Waals surface area contributed by atoms with E-state index in [-0.39, 0.29) is 32.3 Å². The van der Waals surface area contributed by atoms with E-state index in [4.69, 9.17) is 24.3 Å². The van der Waals surface area contributed by atoms with Gasteiger partial charge in [0.05, 0.1) is 19.8 Å². The Bertz CT molecular complexity index is 653. The van der Waals surface area contributed by atoms with Gasteiger partial charge in [0.25, 0.3) is 0 Å². The van der Waals surface area contributed by atoms with Gasteiger partial charge in [-0.3, -0.25) is 13.8 Å². The van der Waals surface area contributed by atoms with Crippen LogP contribution in [0, 0.1) is 0 Å². The standard InChI is InChI=1S/C35H72NO7P/c1-3-5-7-9-11-12-13-14-15-16-17-18-19-20-21-22-23-25-27-30-40-32-34(33-42-44(38,39)41-31-29-36)43-35(37)28-26-24-10-8-6-4-2/h34H,3-33,36H2,1-2H3,(H,38,39). The summed E-state index contributed by atoms with van der Waals surface area (Å²) >= 11 is 0. The monoisotopic (exact) mass is 650 g/mol. The summed E-state index contributed by atoms with van der Waals surface area (Å²) in [6, 6.07) is 0. The lowest BCUT2D eigenvalue weighted by Gasteiger charge is -2.20. The Hall–Kier alpha value is -0.500. The number of rotatable bonds is 36. The SMILES string of the molecule is CCCCCCCCCCCCCCCCCCCCCOCC(COP(=O)(O)OCCN)OC(=O)CCCCCCCC. The van der Waals surface area contributed by atoms with Crippen molar-refractivity contribution >= 4 is 13.8 Å². The maximum atomic E-state index is 12.3. The molecule has 0 aromatic carbocycles. The highest BCUT2D eigenvalue weighted by Gasteiger charge is 2.25. The molecule has 0 saturated heterocycles. The predicted molar refractivity (Wildman–Crippen MR) is 183 cm³/mol. The summed E-state index contributed by atoms with van der Waals surface area (Å²) in [5, 5.41) is 0. The van der Waals surface area contributed by atoms with Crippen LogP contribution in [-0.4, -0.2) is 49.9 Å². The van der Waals surface area contributed by atoms with Crippen LogP contribution in [0.5, 0.6) is 0 Å². The minimum Gasteiger partial charge on any atom is -0.457 e. The lowest BCUT2D eigenvalue weighted by molar-refractivity contribution is -0.154. The maximum absolute atomic E-state index is 12.3. The average Bonchev–Trinajstić information content (AvgIpc) is 3.01. The van der Waals surface area contributed by atoms with Crippen LogP contribution in [0.25, 0.3) is 0 Å². The van der Waals surface area contributed by atoms with E-state index in [9.17, 15) is 14.3 Å². The quantitative estimate of drug-likeness (QED) is 0.0391. The average molecular weight is 650 g/mol. The lowest BCUT2D eigenvalue weighted by atomic mass is 10.0. The van der Waals surface area contributed by atoms with Gasteiger partial charge in [-0.2, -0.15) is 0 Å². The first-order chi connectivity index (χ1) is 21.4. The first-order valence-corrected chi connectivity index (χ1v) is 20.0. The fraction of sp³-hybridized carbons (Fsp3) is 0.971. The van der Waals surface area contributed by atoms with Gasteiger partial charge in [0.1, 0.15) is 6.10 Å². The molecule has 0 aromatic rings. The minimum atomic E-state index is -4.25. The molecular weight excluding hydrogens is 577 g/mol. The number of unbranched alkanes of at least 4 members (excludes halogenated alkanes) is 23. The molecule has 0 amide bonds. The zero-order valence-electron chi connectivity index (χ0n) is 28.9. The van der Waals surface area contributed by atoms with Crippen LogP contribution in [-0.2, 0) is 27.9 Å². The molecule has 0 aliphatic heterocycles. The van der Waals surface area contributed by atoms with Crippen molar-refractivity contribution in [3.05, 3.63) is 0 Å². The second-order valence-corrected chi connectivity index (χ2v) is 13.9. The molecule has 2 unspecified atom stereocenters. The van der Waals surface area contributed by atoms with Crippen LogP contribution in [0.3, 0.4) is 0 Å². The number of esters is 1. The van der Waals surface area contributed by atoms with Crippen molar-refractivity contribution in [2.24, 2.45) is 5.73 Å². The Morgan fingerprint density at radius 2 is 1.00 bits per heavy atom. The highest BCUT2D eigenvalue weighted by atomic mass is 31.2. The molecule has 0 radical (unpaired) electrons. The van der Waals surface area contributed by atoms with E-state index in [0.29, 0.717) is 13.0 Å². The smallest absolute Gasteiger partial charge is 0.457 e. The van der Waals surface area contributed by atoms with Crippen LogP contribution in [0.1, 0.15) is 181 Å². The molecule has 0 aromatic heterocycles. The Balaban J connectivity index is 3.86. The highest BCUT2D eigenvalue weighted by molar-refractivity contribution is 7.47. The van der Waals surface area contributed by atoms with Crippen molar-refractivity contribution in [2.75, 3.05) is 33.0 Å². The molecule has 0 saturated carbocycles. The van der Waals surface area contributed by atoms with Crippen LogP contribution < -0.4 is 5.73 Å². The number of hydrogen-bond acceptors (Lipinski definition) is 7. The van der Waals surface area contributed by atoms with Gasteiger partial charge in [-0.25, -0.2) is 4.57 Å². The zero-order valence-corrected chi connectivity index (χ0v) is 29.8. The minimum absolute atomic E-state index is 0.0911. The Labute approximate surface area is 271 Å². The summed E-state index contributed by atoms with van der Waals surface area (Å²) in [7, 11) is -4.25. The van der Waals surface area contributed by atoms with Gasteiger partial charge in [0.15, 0.2) is 0 Å². The normalized spacial score (nSPS) is 13.6. The molecule has 264 valence electrons. The number of carbonyl (C=O) groups is 1. The van der Waals surface area contributed by atoms with E-state index in [1.165, 1.54) is 128 Å². The van der Waals surface area contributed by atoms with Gasteiger partial charge in [-0.1, -0.05) is 162 Å². The maximum Gasteiger partial charge on any atom is 0.472 e. The first-order valence-electron chi connectivity index (χ1n) is 18.5. The van der Waals surface area contributed by atoms with Crippen molar-refractivity contribution in [3.8, 4) is 0 Å². The highest BCUT2D eigenvalue weighted by Crippen LogP contribution is 2.43. The lowest BCUT2D eigenvalue weighted by Crippen LogP contribution is -2.28. The molecule has 0 aliphatic rings. The summed E-state index contributed by atoms with van der Waals surface area (Å²) in [6.45, 7) is 4.89. The molecule has 44 heavy (non-hydrogen) atoms. The molecule has 0 bridgehead atoms. The van der Waals surface area contributed by atoms with Crippen molar-refractivity contribution in [1.82, 2.24) is 0 Å². The van der Waals surface area contributed by atoms with E-state index >= 15 is 0 Å². The van der Waals surface area contributed by atoms with E-state index in [0.717, 1.165) is 32.1 Å². The van der Waals surface area contributed by atoms with E-state index in [1.54, 1.807) is 0 Å². The third-order valence-electron chi connectivity index (χ3n) is 8.02. The summed E-state index contributed by atoms with van der Waals surface area (Å²) < 4.78 is 33.1. The van der Waals surface area contributed by atoms with Gasteiger partial charge in [0, 0.05) is 19.6 Å². The topological polar surface area (TPSA) is 117 Å². The fourth-order valence-corrected chi connectivity index (χ4v) is 6.06. The van der Waals surface area contributed by atoms with Crippen LogP contribution in [0.15, 0.2) is 0 Å². The van der Waals surface area contributed by atoms with Gasteiger partial charge in [-0.15, -0.1) is 0 Å². The molecule has 0 spiro atoms. The third kappa shape index (κ3) is 32.9. The van der Waals surface area contributed by atoms with E-state index in [2.05, 4.69) is 13.8 Å². The number of nitrogens with two attached hydrogens (primary N) is 1. The van der Waals surface area contributed by atoms with Crippen LogP contribution in [0.2, 0.25) is 0 Å². The Morgan fingerprint density at radius 1 is 0.591 bits per heavy atom. The summed E-state index contributed by atoms with van der Waals surface area (Å²) in [4.78, 5) is 22.1. The van der Waals surface area contributed by atoms with Crippen LogP contribution >= 0.6 is 7.82 Å². The molecule has 0 heterocycles. The van der Waals surface area contributed by atoms with E-state index < -0.39 is 13.9 Å². The molecule has 8 nitrogen and oxygen atoms in total. The van der Waals surface area contributed by atoms with Gasteiger partial charge in [-0.05, 0) is 12.8 Å². The number of carbonyl (C=O) groups excluding carboxylic acids is 1. The predicted octanol–water partition coefficient (Wildman–Crippen LogP) is 10.2. The van der Waals surface area contributed by atoms with Gasteiger partial charge in [0.2, 0.25) is 0 Å². The van der Waals surface area contributed by atoms with Gasteiger partial charge < -0.3 is 20.1 Å². The van der Waals surface area contributed by atoms with Gasteiger partial charge >= 0.3 is 13.8 Å².